The normalized spacial score (nSPS) is 16.8. The van der Waals surface area contributed by atoms with E-state index in [0.29, 0.717) is 18.9 Å². The minimum Gasteiger partial charge on any atom is -0.349 e. The summed E-state index contributed by atoms with van der Waals surface area (Å²) in [5, 5.41) is 6.04. The minimum atomic E-state index is -0.271. The van der Waals surface area contributed by atoms with E-state index in [4.69, 9.17) is 5.73 Å². The molecular formula is C18H23N3OS. The van der Waals surface area contributed by atoms with Gasteiger partial charge in [0.25, 0.3) is 0 Å². The van der Waals surface area contributed by atoms with Gasteiger partial charge in [-0.25, -0.2) is 4.98 Å². The Kier molecular flexibility index (Phi) is 4.50. The second-order valence-corrected chi connectivity index (χ2v) is 7.49. The van der Waals surface area contributed by atoms with E-state index in [-0.39, 0.29) is 11.4 Å². The number of nitrogens with two attached hydrogens (primary N) is 1. The second-order valence-electron chi connectivity index (χ2n) is 6.63. The van der Waals surface area contributed by atoms with Gasteiger partial charge in [0.05, 0.1) is 17.7 Å². The Hall–Kier alpha value is -1.72. The highest BCUT2D eigenvalue weighted by Crippen LogP contribution is 2.39. The molecule has 0 radical (unpaired) electrons. The predicted octanol–water partition coefficient (Wildman–Crippen LogP) is 2.90. The third-order valence-corrected chi connectivity index (χ3v) is 5.43. The van der Waals surface area contributed by atoms with E-state index in [9.17, 15) is 4.79 Å². The van der Waals surface area contributed by atoms with Gasteiger partial charge in [0.15, 0.2) is 0 Å². The molecule has 1 amide bonds. The molecule has 0 saturated heterocycles. The lowest BCUT2D eigenvalue weighted by atomic mass is 9.95. The number of thiazole rings is 1. The molecule has 0 bridgehead atoms. The van der Waals surface area contributed by atoms with Crippen molar-refractivity contribution in [3.63, 3.8) is 0 Å². The number of aromatic nitrogens is 1. The fraction of sp³-hybridized carbons (Fsp3) is 0.444. The van der Waals surface area contributed by atoms with Crippen LogP contribution in [0.3, 0.4) is 0 Å². The molecule has 3 rings (SSSR count). The monoisotopic (exact) mass is 329 g/mol. The van der Waals surface area contributed by atoms with Gasteiger partial charge in [-0.15, -0.1) is 11.3 Å². The van der Waals surface area contributed by atoms with Crippen LogP contribution in [0, 0.1) is 12.8 Å². The summed E-state index contributed by atoms with van der Waals surface area (Å²) in [5.74, 6) is 0.528. The molecule has 2 aromatic rings. The Labute approximate surface area is 141 Å². The van der Waals surface area contributed by atoms with Crippen LogP contribution >= 0.6 is 11.3 Å². The highest BCUT2D eigenvalue weighted by molar-refractivity contribution is 7.13. The zero-order valence-corrected chi connectivity index (χ0v) is 14.5. The number of carbonyl (C=O) groups is 1. The summed E-state index contributed by atoms with van der Waals surface area (Å²) in [6.45, 7) is 4.59. The van der Waals surface area contributed by atoms with Crippen LogP contribution in [0.15, 0.2) is 29.6 Å². The van der Waals surface area contributed by atoms with Crippen molar-refractivity contribution in [3.05, 3.63) is 40.9 Å². The average molecular weight is 329 g/mol. The maximum Gasteiger partial charge on any atom is 0.226 e. The summed E-state index contributed by atoms with van der Waals surface area (Å²) in [5.41, 5.74) is 8.71. The Morgan fingerprint density at radius 2 is 2.26 bits per heavy atom. The van der Waals surface area contributed by atoms with Crippen LogP contribution in [0.4, 0.5) is 0 Å². The van der Waals surface area contributed by atoms with Crippen molar-refractivity contribution in [2.75, 3.05) is 6.54 Å². The van der Waals surface area contributed by atoms with Crippen LogP contribution in [0.25, 0.3) is 10.6 Å². The minimum absolute atomic E-state index is 0.00550. The zero-order chi connectivity index (χ0) is 16.4. The van der Waals surface area contributed by atoms with Crippen LogP contribution in [-0.2, 0) is 11.2 Å². The highest BCUT2D eigenvalue weighted by atomic mass is 32.1. The van der Waals surface area contributed by atoms with Crippen LogP contribution in [0.2, 0.25) is 0 Å². The van der Waals surface area contributed by atoms with Crippen LogP contribution < -0.4 is 11.1 Å². The molecule has 1 heterocycles. The number of nitrogens with one attached hydrogen (secondary N) is 1. The van der Waals surface area contributed by atoms with Gasteiger partial charge in [-0.05, 0) is 38.7 Å². The number of benzene rings is 1. The zero-order valence-electron chi connectivity index (χ0n) is 13.6. The molecule has 4 nitrogen and oxygen atoms in total. The highest BCUT2D eigenvalue weighted by Gasteiger charge is 2.41. The first kappa shape index (κ1) is 16.1. The van der Waals surface area contributed by atoms with E-state index in [1.165, 1.54) is 5.56 Å². The third kappa shape index (κ3) is 3.79. The molecule has 23 heavy (non-hydrogen) atoms. The molecule has 1 atom stereocenters. The summed E-state index contributed by atoms with van der Waals surface area (Å²) in [6, 6.07) is 8.26. The SMILES string of the molecule is Cc1cccc(-c2nc(CC(=O)NC(C)(CN)C3CC3)cs2)c1. The lowest BCUT2D eigenvalue weighted by molar-refractivity contribution is -0.122. The van der Waals surface area contributed by atoms with Gasteiger partial charge < -0.3 is 11.1 Å². The van der Waals surface area contributed by atoms with E-state index in [2.05, 4.69) is 29.4 Å². The van der Waals surface area contributed by atoms with Crippen molar-refractivity contribution in [2.45, 2.75) is 38.6 Å². The smallest absolute Gasteiger partial charge is 0.226 e. The fourth-order valence-electron chi connectivity index (χ4n) is 2.87. The Morgan fingerprint density at radius 3 is 2.91 bits per heavy atom. The van der Waals surface area contributed by atoms with Crippen molar-refractivity contribution in [3.8, 4) is 10.6 Å². The molecule has 1 saturated carbocycles. The maximum atomic E-state index is 12.3. The third-order valence-electron chi connectivity index (χ3n) is 4.49. The number of rotatable bonds is 6. The van der Waals surface area contributed by atoms with E-state index in [1.807, 2.05) is 24.4 Å². The Morgan fingerprint density at radius 1 is 1.48 bits per heavy atom. The first-order valence-corrected chi connectivity index (χ1v) is 8.90. The van der Waals surface area contributed by atoms with Gasteiger partial charge in [-0.3, -0.25) is 4.79 Å². The number of hydrogen-bond donors (Lipinski definition) is 2. The van der Waals surface area contributed by atoms with Crippen molar-refractivity contribution in [1.29, 1.82) is 0 Å². The molecule has 5 heteroatoms. The van der Waals surface area contributed by atoms with E-state index in [1.54, 1.807) is 11.3 Å². The maximum absolute atomic E-state index is 12.3. The van der Waals surface area contributed by atoms with Crippen molar-refractivity contribution >= 4 is 17.2 Å². The van der Waals surface area contributed by atoms with Gasteiger partial charge >= 0.3 is 0 Å². The first-order valence-electron chi connectivity index (χ1n) is 8.03. The topological polar surface area (TPSA) is 68.0 Å². The van der Waals surface area contributed by atoms with Gasteiger partial charge in [-0.2, -0.15) is 0 Å². The number of nitrogens with zero attached hydrogens (tertiary/aromatic N) is 1. The molecule has 122 valence electrons. The van der Waals surface area contributed by atoms with Gasteiger partial charge in [0.2, 0.25) is 5.91 Å². The molecule has 1 fully saturated rings. The van der Waals surface area contributed by atoms with Crippen molar-refractivity contribution in [1.82, 2.24) is 10.3 Å². The quantitative estimate of drug-likeness (QED) is 0.856. The molecule has 1 aliphatic rings. The number of carbonyl (C=O) groups excluding carboxylic acids is 1. The molecule has 0 aliphatic heterocycles. The summed E-state index contributed by atoms with van der Waals surface area (Å²) < 4.78 is 0. The predicted molar refractivity (Wildman–Crippen MR) is 94.3 cm³/mol. The van der Waals surface area contributed by atoms with Gasteiger partial charge in [0, 0.05) is 17.5 Å². The molecule has 1 aromatic heterocycles. The number of amides is 1. The van der Waals surface area contributed by atoms with Gasteiger partial charge in [0.1, 0.15) is 5.01 Å². The molecule has 1 unspecified atom stereocenters. The summed E-state index contributed by atoms with van der Waals surface area (Å²) in [6.07, 6.45) is 2.62. The van der Waals surface area contributed by atoms with Crippen LogP contribution in [-0.4, -0.2) is 23.0 Å². The molecular weight excluding hydrogens is 306 g/mol. The molecule has 1 aromatic carbocycles. The number of aryl methyl sites for hydroxylation is 1. The molecule has 0 spiro atoms. The lowest BCUT2D eigenvalue weighted by Gasteiger charge is -2.29. The molecule has 3 N–H and O–H groups in total. The first-order chi connectivity index (χ1) is 11.0. The van der Waals surface area contributed by atoms with Crippen molar-refractivity contribution in [2.24, 2.45) is 11.7 Å². The van der Waals surface area contributed by atoms with Gasteiger partial charge in [-0.1, -0.05) is 23.8 Å². The second kappa shape index (κ2) is 6.42. The summed E-state index contributed by atoms with van der Waals surface area (Å²) >= 11 is 1.58. The van der Waals surface area contributed by atoms with Crippen molar-refractivity contribution < 1.29 is 4.79 Å². The standard InChI is InChI=1S/C18H23N3OS/c1-12-4-3-5-13(8-12)17-20-15(10-23-17)9-16(22)21-18(2,11-19)14-6-7-14/h3-5,8,10,14H,6-7,9,11,19H2,1-2H3,(H,21,22). The fourth-order valence-corrected chi connectivity index (χ4v) is 3.68. The van der Waals surface area contributed by atoms with E-state index < -0.39 is 0 Å². The summed E-state index contributed by atoms with van der Waals surface area (Å²) in [7, 11) is 0. The largest absolute Gasteiger partial charge is 0.349 e. The van der Waals surface area contributed by atoms with Crippen LogP contribution in [0.1, 0.15) is 31.0 Å². The Balaban J connectivity index is 1.66. The van der Waals surface area contributed by atoms with E-state index >= 15 is 0 Å². The molecule has 1 aliphatic carbocycles. The lowest BCUT2D eigenvalue weighted by Crippen LogP contribution is -2.53. The van der Waals surface area contributed by atoms with Crippen LogP contribution in [0.5, 0.6) is 0 Å². The Bertz CT molecular complexity index is 708. The average Bonchev–Trinajstić information content (AvgIpc) is 3.28. The van der Waals surface area contributed by atoms with E-state index in [0.717, 1.165) is 29.1 Å². The number of hydrogen-bond acceptors (Lipinski definition) is 4. The summed E-state index contributed by atoms with van der Waals surface area (Å²) in [4.78, 5) is 16.9.